The molecule has 0 saturated carbocycles. The van der Waals surface area contributed by atoms with E-state index in [1.54, 1.807) is 35.5 Å². The first kappa shape index (κ1) is 30.7. The molecule has 2 saturated heterocycles. The van der Waals surface area contributed by atoms with Crippen LogP contribution < -0.4 is 0 Å². The molecule has 2 aliphatic heterocycles. The van der Waals surface area contributed by atoms with Gasteiger partial charge in [0.25, 0.3) is 0 Å². The van der Waals surface area contributed by atoms with E-state index in [2.05, 4.69) is 6.92 Å². The van der Waals surface area contributed by atoms with Crippen molar-refractivity contribution in [1.29, 1.82) is 0 Å². The summed E-state index contributed by atoms with van der Waals surface area (Å²) in [6, 6.07) is 16.8. The lowest BCUT2D eigenvalue weighted by Crippen LogP contribution is -2.41. The molecule has 0 radical (unpaired) electrons. The SMILES string of the molecule is CC(c1ccccc1)S(=O)(=O)N1CCCC1S(C)(=O)=O.CCC1CCCN1S(=O)(=O)Cc1ccc(C)cc1. The van der Waals surface area contributed by atoms with Gasteiger partial charge in [0.2, 0.25) is 20.0 Å². The first-order chi connectivity index (χ1) is 17.8. The standard InChI is InChI=1S/C14H21NO2S.C13H19NO4S2/c1-3-14-5-4-10-15(14)18(16,17)11-13-8-6-12(2)7-9-13;1-11(12-7-4-3-5-8-12)20(17,18)14-10-6-9-13(14)19(2,15)16/h6-9,14H,3-5,10-11H2,1-2H3;3-5,7-8,11,13H,6,9-10H2,1-2H3. The maximum atomic E-state index is 12.7. The highest BCUT2D eigenvalue weighted by atomic mass is 32.2. The van der Waals surface area contributed by atoms with E-state index in [0.717, 1.165) is 41.0 Å². The molecule has 212 valence electrons. The maximum Gasteiger partial charge on any atom is 0.222 e. The normalized spacial score (nSPS) is 22.1. The molecule has 0 bridgehead atoms. The fourth-order valence-electron chi connectivity index (χ4n) is 5.09. The van der Waals surface area contributed by atoms with Gasteiger partial charge in [0, 0.05) is 25.4 Å². The van der Waals surface area contributed by atoms with Crippen molar-refractivity contribution < 1.29 is 25.3 Å². The molecule has 2 fully saturated rings. The molecule has 2 aromatic rings. The minimum atomic E-state index is -3.67. The third-order valence-corrected chi connectivity index (χ3v) is 13.1. The number of sulfonamides is 2. The van der Waals surface area contributed by atoms with Crippen LogP contribution in [0.2, 0.25) is 0 Å². The van der Waals surface area contributed by atoms with Crippen LogP contribution >= 0.6 is 0 Å². The van der Waals surface area contributed by atoms with Crippen LogP contribution in [-0.4, -0.2) is 64.6 Å². The molecule has 0 amide bonds. The van der Waals surface area contributed by atoms with Gasteiger partial charge in [-0.05, 0) is 57.1 Å². The van der Waals surface area contributed by atoms with Crippen LogP contribution in [0.4, 0.5) is 0 Å². The van der Waals surface area contributed by atoms with E-state index in [1.807, 2.05) is 37.3 Å². The Labute approximate surface area is 229 Å². The summed E-state index contributed by atoms with van der Waals surface area (Å²) in [6.45, 7) is 6.63. The zero-order valence-electron chi connectivity index (χ0n) is 22.7. The highest BCUT2D eigenvalue weighted by Gasteiger charge is 2.42. The van der Waals surface area contributed by atoms with Gasteiger partial charge >= 0.3 is 0 Å². The number of hydrogen-bond acceptors (Lipinski definition) is 6. The van der Waals surface area contributed by atoms with E-state index >= 15 is 0 Å². The average molecular weight is 585 g/mol. The second-order valence-corrected chi connectivity index (χ2v) is 16.5. The number of nitrogens with zero attached hydrogens (tertiary/aromatic N) is 2. The second kappa shape index (κ2) is 12.6. The Hall–Kier alpha value is -1.79. The van der Waals surface area contributed by atoms with Crippen LogP contribution in [-0.2, 0) is 35.6 Å². The maximum absolute atomic E-state index is 12.7. The molecule has 4 rings (SSSR count). The van der Waals surface area contributed by atoms with Gasteiger partial charge in [-0.1, -0.05) is 67.1 Å². The third-order valence-electron chi connectivity index (χ3n) is 7.31. The minimum absolute atomic E-state index is 0.129. The monoisotopic (exact) mass is 584 g/mol. The van der Waals surface area contributed by atoms with Crippen LogP contribution in [0, 0.1) is 6.92 Å². The van der Waals surface area contributed by atoms with Crippen molar-refractivity contribution in [3.63, 3.8) is 0 Å². The lowest BCUT2D eigenvalue weighted by molar-refractivity contribution is 0.379. The van der Waals surface area contributed by atoms with Gasteiger partial charge in [-0.2, -0.15) is 8.61 Å². The number of hydrogen-bond donors (Lipinski definition) is 0. The quantitative estimate of drug-likeness (QED) is 0.459. The predicted molar refractivity (Wildman–Crippen MR) is 152 cm³/mol. The van der Waals surface area contributed by atoms with Crippen molar-refractivity contribution in [3.05, 3.63) is 71.3 Å². The van der Waals surface area contributed by atoms with Crippen LogP contribution in [0.25, 0.3) is 0 Å². The summed E-state index contributed by atoms with van der Waals surface area (Å²) in [7, 11) is -10.2. The van der Waals surface area contributed by atoms with Crippen LogP contribution in [0.5, 0.6) is 0 Å². The zero-order valence-corrected chi connectivity index (χ0v) is 25.1. The van der Waals surface area contributed by atoms with Crippen LogP contribution in [0.15, 0.2) is 54.6 Å². The van der Waals surface area contributed by atoms with E-state index in [9.17, 15) is 25.3 Å². The van der Waals surface area contributed by atoms with Gasteiger partial charge in [0.05, 0.1) is 11.0 Å². The molecule has 11 heteroatoms. The summed E-state index contributed by atoms with van der Waals surface area (Å²) in [6.07, 6.45) is 4.96. The Morgan fingerprint density at radius 3 is 2.00 bits per heavy atom. The van der Waals surface area contributed by atoms with E-state index in [4.69, 9.17) is 0 Å². The van der Waals surface area contributed by atoms with Crippen molar-refractivity contribution in [2.24, 2.45) is 0 Å². The van der Waals surface area contributed by atoms with E-state index in [1.165, 1.54) is 0 Å². The summed E-state index contributed by atoms with van der Waals surface area (Å²) in [5, 5.41) is -1.66. The van der Waals surface area contributed by atoms with Crippen molar-refractivity contribution in [3.8, 4) is 0 Å². The number of rotatable bonds is 8. The van der Waals surface area contributed by atoms with Gasteiger partial charge in [-0.15, -0.1) is 0 Å². The molecule has 2 aliphatic rings. The topological polar surface area (TPSA) is 109 Å². The largest absolute Gasteiger partial charge is 0.227 e. The smallest absolute Gasteiger partial charge is 0.222 e. The Morgan fingerprint density at radius 1 is 0.842 bits per heavy atom. The van der Waals surface area contributed by atoms with Gasteiger partial charge in [-0.25, -0.2) is 25.3 Å². The van der Waals surface area contributed by atoms with Gasteiger partial charge in [0.1, 0.15) is 5.37 Å². The lowest BCUT2D eigenvalue weighted by Gasteiger charge is -2.26. The van der Waals surface area contributed by atoms with Crippen LogP contribution in [0.3, 0.4) is 0 Å². The van der Waals surface area contributed by atoms with Gasteiger partial charge < -0.3 is 0 Å². The molecular formula is C27H40N2O6S3. The third kappa shape index (κ3) is 7.44. The predicted octanol–water partition coefficient (Wildman–Crippen LogP) is 4.24. The second-order valence-electron chi connectivity index (χ2n) is 10.2. The van der Waals surface area contributed by atoms with E-state index in [-0.39, 0.29) is 18.3 Å². The van der Waals surface area contributed by atoms with Crippen molar-refractivity contribution in [1.82, 2.24) is 8.61 Å². The summed E-state index contributed by atoms with van der Waals surface area (Å²) in [5.41, 5.74) is 2.71. The zero-order chi connectivity index (χ0) is 28.1. The Balaban J connectivity index is 0.000000212. The summed E-state index contributed by atoms with van der Waals surface area (Å²) in [5.74, 6) is 0.129. The van der Waals surface area contributed by atoms with E-state index in [0.29, 0.717) is 24.9 Å². The average Bonchev–Trinajstić information content (AvgIpc) is 3.56. The summed E-state index contributed by atoms with van der Waals surface area (Å²) in [4.78, 5) is 0. The Morgan fingerprint density at radius 2 is 1.42 bits per heavy atom. The molecule has 8 nitrogen and oxygen atoms in total. The van der Waals surface area contributed by atoms with Gasteiger partial charge in [-0.3, -0.25) is 0 Å². The Kier molecular flexibility index (Phi) is 10.2. The first-order valence-electron chi connectivity index (χ1n) is 13.1. The minimum Gasteiger partial charge on any atom is -0.227 e. The number of aryl methyl sites for hydroxylation is 1. The molecule has 3 atom stereocenters. The van der Waals surface area contributed by atoms with Crippen molar-refractivity contribution in [2.75, 3.05) is 19.3 Å². The molecule has 0 spiro atoms. The highest BCUT2D eigenvalue weighted by Crippen LogP contribution is 2.32. The summed E-state index contributed by atoms with van der Waals surface area (Å²) < 4.78 is 76.4. The lowest BCUT2D eigenvalue weighted by atomic mass is 10.2. The number of sulfone groups is 1. The fraction of sp³-hybridized carbons (Fsp3) is 0.556. The van der Waals surface area contributed by atoms with Crippen molar-refractivity contribution >= 4 is 29.9 Å². The number of benzene rings is 2. The van der Waals surface area contributed by atoms with Gasteiger partial charge in [0.15, 0.2) is 9.84 Å². The molecule has 0 N–H and O–H groups in total. The molecular weight excluding hydrogens is 545 g/mol. The van der Waals surface area contributed by atoms with Crippen molar-refractivity contribution in [2.45, 2.75) is 75.3 Å². The molecule has 38 heavy (non-hydrogen) atoms. The molecule has 0 aromatic heterocycles. The van der Waals surface area contributed by atoms with E-state index < -0.39 is 40.5 Å². The molecule has 2 aromatic carbocycles. The first-order valence-corrected chi connectivity index (χ1v) is 18.1. The Bertz CT molecular complexity index is 1380. The summed E-state index contributed by atoms with van der Waals surface area (Å²) >= 11 is 0. The van der Waals surface area contributed by atoms with Crippen LogP contribution in [0.1, 0.15) is 67.9 Å². The highest BCUT2D eigenvalue weighted by molar-refractivity contribution is 7.93. The molecule has 3 unspecified atom stereocenters. The molecule has 0 aliphatic carbocycles. The fourth-order valence-corrected chi connectivity index (χ4v) is 10.7. The molecule has 2 heterocycles.